The van der Waals surface area contributed by atoms with Crippen LogP contribution >= 0.6 is 0 Å². The lowest BCUT2D eigenvalue weighted by Gasteiger charge is -2.07. The summed E-state index contributed by atoms with van der Waals surface area (Å²) < 4.78 is 51.6. The molecule has 0 aliphatic carbocycles. The predicted molar refractivity (Wildman–Crippen MR) is 113 cm³/mol. The average Bonchev–Trinajstić information content (AvgIpc) is 3.09. The van der Waals surface area contributed by atoms with E-state index in [4.69, 9.17) is 5.73 Å². The van der Waals surface area contributed by atoms with E-state index in [2.05, 4.69) is 15.0 Å². The van der Waals surface area contributed by atoms with Crippen LogP contribution in [0.2, 0.25) is 0 Å². The number of pyridine rings is 1. The lowest BCUT2D eigenvalue weighted by Crippen LogP contribution is -2.12. The highest BCUT2D eigenvalue weighted by Crippen LogP contribution is 2.34. The number of benzene rings is 1. The summed E-state index contributed by atoms with van der Waals surface area (Å²) >= 11 is 0. The molecule has 0 atom stereocenters. The van der Waals surface area contributed by atoms with Gasteiger partial charge in [-0.05, 0) is 29.8 Å². The molecule has 0 saturated carbocycles. The van der Waals surface area contributed by atoms with Crippen molar-refractivity contribution in [2.45, 2.75) is 10.6 Å². The molecule has 0 saturated heterocycles. The van der Waals surface area contributed by atoms with Gasteiger partial charge in [-0.25, -0.2) is 35.8 Å². The Morgan fingerprint density at radius 2 is 1.67 bits per heavy atom. The van der Waals surface area contributed by atoms with E-state index in [-0.39, 0.29) is 22.2 Å². The molecule has 1 aromatic carbocycles. The molecule has 154 valence electrons. The van der Waals surface area contributed by atoms with Gasteiger partial charge in [-0.2, -0.15) is 0 Å². The van der Waals surface area contributed by atoms with E-state index in [9.17, 15) is 16.8 Å². The van der Waals surface area contributed by atoms with Crippen LogP contribution in [-0.2, 0) is 25.6 Å². The summed E-state index contributed by atoms with van der Waals surface area (Å²) in [5, 5.41) is 0.375. The average molecular weight is 444 g/mol. The molecule has 0 amide bonds. The van der Waals surface area contributed by atoms with Crippen LogP contribution in [0.3, 0.4) is 0 Å². The number of hydrogen-bond acceptors (Lipinski definition) is 8. The first-order valence-electron chi connectivity index (χ1n) is 8.73. The van der Waals surface area contributed by atoms with Crippen LogP contribution in [0.5, 0.6) is 0 Å². The van der Waals surface area contributed by atoms with Crippen LogP contribution in [0.25, 0.3) is 22.3 Å². The minimum Gasteiger partial charge on any atom is -0.368 e. The zero-order valence-electron chi connectivity index (χ0n) is 15.8. The standard InChI is InChI=1S/C19H17N5O4S2/c1-29(25,26)12-13-7-9-21-18-17(13)15(16-8-10-22-19(20)23-16)11-24(18)30(27,28)14-5-3-2-4-6-14/h2-11H,12H2,1H3,(H2,20,22,23). The molecule has 3 aromatic heterocycles. The Kier molecular flexibility index (Phi) is 4.79. The van der Waals surface area contributed by atoms with Gasteiger partial charge in [0.25, 0.3) is 10.0 Å². The molecule has 0 radical (unpaired) electrons. The number of rotatable bonds is 5. The van der Waals surface area contributed by atoms with E-state index in [1.807, 2.05) is 0 Å². The van der Waals surface area contributed by atoms with E-state index in [1.165, 1.54) is 30.7 Å². The van der Waals surface area contributed by atoms with E-state index in [0.717, 1.165) is 10.2 Å². The van der Waals surface area contributed by atoms with Crippen LogP contribution < -0.4 is 5.73 Å². The maximum absolute atomic E-state index is 13.3. The Balaban J connectivity index is 2.08. The van der Waals surface area contributed by atoms with Crippen molar-refractivity contribution in [3.8, 4) is 11.3 Å². The molecule has 11 heteroatoms. The third-order valence-electron chi connectivity index (χ3n) is 4.41. The quantitative estimate of drug-likeness (QED) is 0.493. The van der Waals surface area contributed by atoms with Crippen LogP contribution in [0.15, 0.2) is 66.0 Å². The maximum Gasteiger partial charge on any atom is 0.269 e. The van der Waals surface area contributed by atoms with Gasteiger partial charge in [0.05, 0.1) is 16.3 Å². The lowest BCUT2D eigenvalue weighted by molar-refractivity contribution is 0.588. The summed E-state index contributed by atoms with van der Waals surface area (Å²) in [6.07, 6.45) is 5.32. The number of fused-ring (bicyclic) bond motifs is 1. The highest BCUT2D eigenvalue weighted by atomic mass is 32.2. The van der Waals surface area contributed by atoms with Crippen molar-refractivity contribution in [1.82, 2.24) is 18.9 Å². The van der Waals surface area contributed by atoms with E-state index in [0.29, 0.717) is 22.2 Å². The summed E-state index contributed by atoms with van der Waals surface area (Å²) in [6, 6.07) is 11.0. The van der Waals surface area contributed by atoms with Gasteiger partial charge < -0.3 is 5.73 Å². The molecule has 9 nitrogen and oxygen atoms in total. The smallest absolute Gasteiger partial charge is 0.269 e. The van der Waals surface area contributed by atoms with E-state index >= 15 is 0 Å². The van der Waals surface area contributed by atoms with Gasteiger partial charge in [0.2, 0.25) is 5.95 Å². The molecular weight excluding hydrogens is 426 g/mol. The second-order valence-electron chi connectivity index (χ2n) is 6.70. The molecule has 0 unspecified atom stereocenters. The highest BCUT2D eigenvalue weighted by Gasteiger charge is 2.25. The minimum atomic E-state index is -3.99. The highest BCUT2D eigenvalue weighted by molar-refractivity contribution is 7.90. The van der Waals surface area contributed by atoms with Gasteiger partial charge in [0.15, 0.2) is 15.5 Å². The summed E-state index contributed by atoms with van der Waals surface area (Å²) in [5.41, 5.74) is 6.97. The monoisotopic (exact) mass is 443 g/mol. The van der Waals surface area contributed by atoms with Crippen LogP contribution in [0.1, 0.15) is 5.56 Å². The Morgan fingerprint density at radius 3 is 2.33 bits per heavy atom. The third-order valence-corrected chi connectivity index (χ3v) is 6.91. The van der Waals surface area contributed by atoms with E-state index < -0.39 is 19.9 Å². The molecule has 0 bridgehead atoms. The first-order chi connectivity index (χ1) is 14.2. The molecule has 0 spiro atoms. The molecule has 4 aromatic rings. The number of sulfone groups is 1. The Labute approximate surface area is 173 Å². The molecule has 30 heavy (non-hydrogen) atoms. The topological polar surface area (TPSA) is 138 Å². The van der Waals surface area contributed by atoms with Crippen molar-refractivity contribution < 1.29 is 16.8 Å². The summed E-state index contributed by atoms with van der Waals surface area (Å²) in [4.78, 5) is 12.4. The summed E-state index contributed by atoms with van der Waals surface area (Å²) in [5.74, 6) is -0.275. The molecule has 3 heterocycles. The zero-order chi connectivity index (χ0) is 21.5. The van der Waals surface area contributed by atoms with Gasteiger partial charge in [-0.15, -0.1) is 0 Å². The summed E-state index contributed by atoms with van der Waals surface area (Å²) in [6.45, 7) is 0. The van der Waals surface area contributed by atoms with Gasteiger partial charge in [-0.1, -0.05) is 18.2 Å². The fraction of sp³-hybridized carbons (Fsp3) is 0.105. The predicted octanol–water partition coefficient (Wildman–Crippen LogP) is 1.86. The third kappa shape index (κ3) is 3.64. The minimum absolute atomic E-state index is 0.00729. The largest absolute Gasteiger partial charge is 0.368 e. The molecule has 0 aliphatic rings. The number of aromatic nitrogens is 4. The fourth-order valence-electron chi connectivity index (χ4n) is 3.20. The van der Waals surface area contributed by atoms with Gasteiger partial charge in [-0.3, -0.25) is 0 Å². The Hall–Kier alpha value is -3.31. The first kappa shape index (κ1) is 20.0. The first-order valence-corrected chi connectivity index (χ1v) is 12.2. The molecule has 0 aliphatic heterocycles. The lowest BCUT2D eigenvalue weighted by atomic mass is 10.1. The van der Waals surface area contributed by atoms with Crippen LogP contribution in [0.4, 0.5) is 5.95 Å². The van der Waals surface area contributed by atoms with Gasteiger partial charge in [0, 0.05) is 35.8 Å². The van der Waals surface area contributed by atoms with Crippen LogP contribution in [0, 0.1) is 0 Å². The van der Waals surface area contributed by atoms with E-state index in [1.54, 1.807) is 30.3 Å². The van der Waals surface area contributed by atoms with Crippen molar-refractivity contribution in [1.29, 1.82) is 0 Å². The van der Waals surface area contributed by atoms with Crippen molar-refractivity contribution >= 4 is 36.8 Å². The molecule has 4 rings (SSSR count). The van der Waals surface area contributed by atoms with Crippen molar-refractivity contribution in [3.05, 3.63) is 66.6 Å². The molecule has 0 fully saturated rings. The SMILES string of the molecule is CS(=O)(=O)Cc1ccnc2c1c(-c1ccnc(N)n1)cn2S(=O)(=O)c1ccccc1. The number of nitrogen functional groups attached to an aromatic ring is 1. The van der Waals surface area contributed by atoms with Crippen LogP contribution in [-0.4, -0.2) is 42.0 Å². The fourth-order valence-corrected chi connectivity index (χ4v) is 5.35. The maximum atomic E-state index is 13.3. The van der Waals surface area contributed by atoms with Crippen molar-refractivity contribution in [2.75, 3.05) is 12.0 Å². The Morgan fingerprint density at radius 1 is 0.967 bits per heavy atom. The zero-order valence-corrected chi connectivity index (χ0v) is 17.4. The molecule has 2 N–H and O–H groups in total. The molecular formula is C19H17N5O4S2. The summed E-state index contributed by atoms with van der Waals surface area (Å²) in [7, 11) is -7.39. The van der Waals surface area contributed by atoms with Gasteiger partial charge >= 0.3 is 0 Å². The number of nitrogens with zero attached hydrogens (tertiary/aromatic N) is 4. The second-order valence-corrected chi connectivity index (χ2v) is 10.7. The number of anilines is 1. The van der Waals surface area contributed by atoms with Crippen molar-refractivity contribution in [3.63, 3.8) is 0 Å². The number of hydrogen-bond donors (Lipinski definition) is 1. The normalized spacial score (nSPS) is 12.3. The van der Waals surface area contributed by atoms with Crippen molar-refractivity contribution in [2.24, 2.45) is 0 Å². The number of nitrogens with two attached hydrogens (primary N) is 1. The Bertz CT molecular complexity index is 1460. The second kappa shape index (κ2) is 7.18. The van der Waals surface area contributed by atoms with Gasteiger partial charge in [0.1, 0.15) is 0 Å².